The van der Waals surface area contributed by atoms with Crippen LogP contribution in [0, 0.1) is 48.5 Å². The van der Waals surface area contributed by atoms with Crippen molar-refractivity contribution in [3.63, 3.8) is 0 Å². The van der Waals surface area contributed by atoms with Crippen molar-refractivity contribution < 1.29 is 15.3 Å². The zero-order valence-electron chi connectivity index (χ0n) is 28.1. The number of hydrogen-bond donors (Lipinski definition) is 3. The quantitative estimate of drug-likeness (QED) is 0.237. The fourth-order valence-corrected chi connectivity index (χ4v) is 8.64. The van der Waals surface area contributed by atoms with Gasteiger partial charge in [-0.3, -0.25) is 0 Å². The maximum absolute atomic E-state index is 11.1. The fourth-order valence-electron chi connectivity index (χ4n) is 5.87. The van der Waals surface area contributed by atoms with E-state index in [4.69, 9.17) is 0 Å². The Morgan fingerprint density at radius 1 is 0.452 bits per heavy atom. The lowest BCUT2D eigenvalue weighted by Gasteiger charge is -2.25. The van der Waals surface area contributed by atoms with Gasteiger partial charge < -0.3 is 15.3 Å². The minimum Gasteiger partial charge on any atom is -0.507 e. The highest BCUT2D eigenvalue weighted by molar-refractivity contribution is 7.98. The Morgan fingerprint density at radius 3 is 1.05 bits per heavy atom. The molecule has 0 unspecified atom stereocenters. The van der Waals surface area contributed by atoms with Crippen molar-refractivity contribution in [2.75, 3.05) is 0 Å². The topological polar surface area (TPSA) is 60.7 Å². The van der Waals surface area contributed by atoms with Gasteiger partial charge in [-0.25, -0.2) is 0 Å². The summed E-state index contributed by atoms with van der Waals surface area (Å²) in [6.45, 7) is 27.4. The van der Waals surface area contributed by atoms with Gasteiger partial charge in [0, 0.05) is 23.0 Å². The zero-order valence-corrected chi connectivity index (χ0v) is 29.8. The molecule has 3 aromatic rings. The SMILES string of the molecule is Cc1cc(C(C)(C)C)c(O)c(C)c1CSCc1c(C)c(O)c(C)c(CSCc2c(C)cc(C(C)(C)C)c(O)c2C)c1C. The van der Waals surface area contributed by atoms with Crippen molar-refractivity contribution in [3.8, 4) is 17.2 Å². The minimum atomic E-state index is -0.110. The number of rotatable bonds is 8. The van der Waals surface area contributed by atoms with Crippen LogP contribution in [0.3, 0.4) is 0 Å². The number of hydrogen-bond acceptors (Lipinski definition) is 5. The summed E-state index contributed by atoms with van der Waals surface area (Å²) < 4.78 is 0. The van der Waals surface area contributed by atoms with Gasteiger partial charge in [-0.1, -0.05) is 53.7 Å². The smallest absolute Gasteiger partial charge is 0.122 e. The summed E-state index contributed by atoms with van der Waals surface area (Å²) in [6, 6.07) is 4.28. The van der Waals surface area contributed by atoms with Gasteiger partial charge in [0.25, 0.3) is 0 Å². The normalized spacial score (nSPS) is 12.3. The number of phenols is 3. The molecular weight excluding hydrogens is 557 g/mol. The Labute approximate surface area is 263 Å². The van der Waals surface area contributed by atoms with Crippen LogP contribution in [-0.4, -0.2) is 15.3 Å². The van der Waals surface area contributed by atoms with Gasteiger partial charge in [0.1, 0.15) is 17.2 Å². The zero-order chi connectivity index (χ0) is 31.9. The molecule has 5 heteroatoms. The lowest BCUT2D eigenvalue weighted by molar-refractivity contribution is 0.441. The maximum Gasteiger partial charge on any atom is 0.122 e. The van der Waals surface area contributed by atoms with Gasteiger partial charge >= 0.3 is 0 Å². The van der Waals surface area contributed by atoms with Crippen LogP contribution in [0.1, 0.15) is 114 Å². The summed E-state index contributed by atoms with van der Waals surface area (Å²) >= 11 is 3.67. The first-order valence-corrected chi connectivity index (χ1v) is 17.2. The Kier molecular flexibility index (Phi) is 10.4. The molecule has 0 saturated heterocycles. The molecule has 0 atom stereocenters. The highest BCUT2D eigenvalue weighted by Crippen LogP contribution is 2.41. The van der Waals surface area contributed by atoms with E-state index < -0.39 is 0 Å². The van der Waals surface area contributed by atoms with Crippen LogP contribution in [0.25, 0.3) is 0 Å². The van der Waals surface area contributed by atoms with Gasteiger partial charge in [0.2, 0.25) is 0 Å². The molecule has 3 aromatic carbocycles. The summed E-state index contributed by atoms with van der Waals surface area (Å²) in [6.07, 6.45) is 0. The second-order valence-electron chi connectivity index (χ2n) is 14.1. The first-order valence-electron chi connectivity index (χ1n) is 14.9. The lowest BCUT2D eigenvalue weighted by Crippen LogP contribution is -2.13. The van der Waals surface area contributed by atoms with Crippen molar-refractivity contribution in [1.82, 2.24) is 0 Å². The van der Waals surface area contributed by atoms with E-state index in [0.717, 1.165) is 56.4 Å². The largest absolute Gasteiger partial charge is 0.507 e. The number of aryl methyl sites for hydroxylation is 2. The Hall–Kier alpha value is -2.24. The first kappa shape index (κ1) is 34.3. The van der Waals surface area contributed by atoms with Gasteiger partial charge in [-0.15, -0.1) is 0 Å². The molecule has 0 spiro atoms. The predicted octanol–water partition coefficient (Wildman–Crippen LogP) is 10.4. The Balaban J connectivity index is 1.82. The number of phenolic OH excluding ortho intramolecular Hbond substituents is 3. The average Bonchev–Trinajstić information content (AvgIpc) is 2.88. The minimum absolute atomic E-state index is 0.110. The molecule has 0 amide bonds. The van der Waals surface area contributed by atoms with Gasteiger partial charge in [0.05, 0.1) is 0 Å². The second-order valence-corrected chi connectivity index (χ2v) is 16.0. The van der Waals surface area contributed by atoms with Crippen molar-refractivity contribution in [1.29, 1.82) is 0 Å². The number of benzene rings is 3. The van der Waals surface area contributed by atoms with Gasteiger partial charge in [-0.2, -0.15) is 23.5 Å². The summed E-state index contributed by atoms with van der Waals surface area (Å²) in [7, 11) is 0. The third-order valence-corrected chi connectivity index (χ3v) is 10.9. The predicted molar refractivity (Wildman–Crippen MR) is 185 cm³/mol. The van der Waals surface area contributed by atoms with Crippen LogP contribution in [-0.2, 0) is 33.8 Å². The standard InChI is InChI=1S/C37H52O3S2/c1-20-14-31(36(8,9)10)34(39)23(4)27(20)16-41-18-29-22(3)30(26(7)33(38)25(29)6)19-42-17-28-21(2)15-32(37(11,12)13)35(40)24(28)5/h14-15,38-40H,16-19H2,1-13H3. The van der Waals surface area contributed by atoms with Crippen LogP contribution in [0.15, 0.2) is 12.1 Å². The molecule has 0 bridgehead atoms. The summed E-state index contributed by atoms with van der Waals surface area (Å²) in [4.78, 5) is 0. The Morgan fingerprint density at radius 2 is 0.738 bits per heavy atom. The van der Waals surface area contributed by atoms with Crippen LogP contribution in [0.4, 0.5) is 0 Å². The summed E-state index contributed by atoms with van der Waals surface area (Å²) in [5.74, 6) is 4.42. The Bertz CT molecular complexity index is 1380. The van der Waals surface area contributed by atoms with Gasteiger partial charge in [0.15, 0.2) is 0 Å². The van der Waals surface area contributed by atoms with Crippen LogP contribution in [0.2, 0.25) is 0 Å². The molecule has 0 aliphatic heterocycles. The highest BCUT2D eigenvalue weighted by atomic mass is 32.2. The van der Waals surface area contributed by atoms with E-state index in [-0.39, 0.29) is 10.8 Å². The molecule has 0 heterocycles. The maximum atomic E-state index is 11.1. The van der Waals surface area contributed by atoms with E-state index in [1.807, 2.05) is 51.2 Å². The van der Waals surface area contributed by atoms with Crippen molar-refractivity contribution in [2.24, 2.45) is 0 Å². The molecule has 42 heavy (non-hydrogen) atoms. The lowest BCUT2D eigenvalue weighted by atomic mass is 9.83. The number of thioether (sulfide) groups is 2. The molecule has 0 aliphatic carbocycles. The second kappa shape index (κ2) is 12.8. The van der Waals surface area contributed by atoms with E-state index in [1.54, 1.807) is 0 Å². The third kappa shape index (κ3) is 6.94. The summed E-state index contributed by atoms with van der Waals surface area (Å²) in [5, 5.41) is 33.0. The molecule has 3 N–H and O–H groups in total. The average molecular weight is 609 g/mol. The molecule has 0 aliphatic rings. The molecule has 0 radical (unpaired) electrons. The summed E-state index contributed by atoms with van der Waals surface area (Å²) in [5.41, 5.74) is 14.1. The molecular formula is C37H52O3S2. The molecule has 0 aromatic heterocycles. The molecule has 0 fully saturated rings. The van der Waals surface area contributed by atoms with Crippen molar-refractivity contribution in [3.05, 3.63) is 84.5 Å². The van der Waals surface area contributed by atoms with E-state index in [2.05, 4.69) is 74.4 Å². The van der Waals surface area contributed by atoms with E-state index in [1.165, 1.54) is 38.9 Å². The molecule has 3 nitrogen and oxygen atoms in total. The molecule has 0 saturated carbocycles. The van der Waals surface area contributed by atoms with E-state index >= 15 is 0 Å². The first-order chi connectivity index (χ1) is 19.3. The van der Waals surface area contributed by atoms with Crippen LogP contribution >= 0.6 is 23.5 Å². The van der Waals surface area contributed by atoms with E-state index in [9.17, 15) is 15.3 Å². The molecule has 3 rings (SSSR count). The van der Waals surface area contributed by atoms with Crippen molar-refractivity contribution in [2.45, 2.75) is 124 Å². The van der Waals surface area contributed by atoms with Crippen molar-refractivity contribution >= 4 is 23.5 Å². The van der Waals surface area contributed by atoms with Crippen LogP contribution in [0.5, 0.6) is 17.2 Å². The highest BCUT2D eigenvalue weighted by Gasteiger charge is 2.24. The molecule has 230 valence electrons. The van der Waals surface area contributed by atoms with Crippen LogP contribution < -0.4 is 0 Å². The monoisotopic (exact) mass is 608 g/mol. The van der Waals surface area contributed by atoms with E-state index in [0.29, 0.717) is 17.2 Å². The number of aromatic hydroxyl groups is 3. The third-order valence-electron chi connectivity index (χ3n) is 8.92. The fraction of sp³-hybridized carbons (Fsp3) is 0.514. The van der Waals surface area contributed by atoms with Gasteiger partial charge in [-0.05, 0) is 132 Å².